The minimum absolute atomic E-state index is 0. The van der Waals surface area contributed by atoms with Gasteiger partial charge in [-0.05, 0) is 12.8 Å². The van der Waals surface area contributed by atoms with E-state index < -0.39 is 5.54 Å². The second-order valence-electron chi connectivity index (χ2n) is 5.37. The number of amides is 2. The molecule has 0 aromatic rings. The summed E-state index contributed by atoms with van der Waals surface area (Å²) in [6.07, 6.45) is 5.13. The van der Waals surface area contributed by atoms with Crippen molar-refractivity contribution >= 4 is 24.2 Å². The highest BCUT2D eigenvalue weighted by Gasteiger charge is 2.38. The molecule has 1 aliphatic carbocycles. The molecule has 1 unspecified atom stereocenters. The molecule has 104 valence electrons. The van der Waals surface area contributed by atoms with Gasteiger partial charge in [0.15, 0.2) is 0 Å². The normalized spacial score (nSPS) is 26.7. The molecule has 5 nitrogen and oxygen atoms in total. The SMILES string of the molecule is CN1CC(NC(=O)C2(N)CCCCC2)CC1=O.Cl. The molecule has 0 aromatic carbocycles. The zero-order valence-corrected chi connectivity index (χ0v) is 11.6. The van der Waals surface area contributed by atoms with Crippen molar-refractivity contribution in [2.45, 2.75) is 50.1 Å². The Morgan fingerprint density at radius 3 is 2.50 bits per heavy atom. The molecule has 2 aliphatic rings. The lowest BCUT2D eigenvalue weighted by atomic mass is 9.81. The van der Waals surface area contributed by atoms with Crippen LogP contribution in [0.25, 0.3) is 0 Å². The minimum Gasteiger partial charge on any atom is -0.349 e. The van der Waals surface area contributed by atoms with Crippen LogP contribution in [0.5, 0.6) is 0 Å². The third-order valence-corrected chi connectivity index (χ3v) is 3.87. The van der Waals surface area contributed by atoms with E-state index in [2.05, 4.69) is 5.32 Å². The maximum atomic E-state index is 12.1. The van der Waals surface area contributed by atoms with Gasteiger partial charge in [0.05, 0.1) is 11.6 Å². The first-order valence-electron chi connectivity index (χ1n) is 6.35. The number of likely N-dealkylation sites (N-methyl/N-ethyl adjacent to an activating group) is 1. The number of hydrogen-bond donors (Lipinski definition) is 2. The van der Waals surface area contributed by atoms with E-state index in [1.165, 1.54) is 0 Å². The molecular formula is C12H22ClN3O2. The monoisotopic (exact) mass is 275 g/mol. The average molecular weight is 276 g/mol. The first kappa shape index (κ1) is 15.2. The first-order valence-corrected chi connectivity index (χ1v) is 6.35. The maximum absolute atomic E-state index is 12.1. The number of nitrogens with one attached hydrogen (secondary N) is 1. The lowest BCUT2D eigenvalue weighted by Gasteiger charge is -2.32. The first-order chi connectivity index (χ1) is 8.01. The summed E-state index contributed by atoms with van der Waals surface area (Å²) >= 11 is 0. The van der Waals surface area contributed by atoms with Crippen LogP contribution >= 0.6 is 12.4 Å². The molecule has 1 saturated heterocycles. The van der Waals surface area contributed by atoms with Gasteiger partial charge in [0.2, 0.25) is 11.8 Å². The van der Waals surface area contributed by atoms with Gasteiger partial charge in [-0.25, -0.2) is 0 Å². The Labute approximate surface area is 114 Å². The van der Waals surface area contributed by atoms with E-state index in [1.807, 2.05) is 0 Å². The summed E-state index contributed by atoms with van der Waals surface area (Å²) in [7, 11) is 1.76. The van der Waals surface area contributed by atoms with Crippen molar-refractivity contribution < 1.29 is 9.59 Å². The molecule has 1 heterocycles. The van der Waals surface area contributed by atoms with E-state index in [4.69, 9.17) is 5.73 Å². The molecule has 18 heavy (non-hydrogen) atoms. The van der Waals surface area contributed by atoms with Crippen LogP contribution < -0.4 is 11.1 Å². The Kier molecular flexibility index (Phi) is 4.99. The zero-order chi connectivity index (χ0) is 12.5. The fourth-order valence-corrected chi connectivity index (χ4v) is 2.70. The number of halogens is 1. The molecule has 6 heteroatoms. The van der Waals surface area contributed by atoms with Crippen molar-refractivity contribution in [2.24, 2.45) is 5.73 Å². The Bertz CT molecular complexity index is 329. The van der Waals surface area contributed by atoms with E-state index in [0.717, 1.165) is 32.1 Å². The lowest BCUT2D eigenvalue weighted by Crippen LogP contribution is -2.57. The molecule has 0 radical (unpaired) electrons. The summed E-state index contributed by atoms with van der Waals surface area (Å²) in [6.45, 7) is 0.598. The van der Waals surface area contributed by atoms with Crippen LogP contribution in [-0.4, -0.2) is 41.9 Å². The predicted molar refractivity (Wildman–Crippen MR) is 71.4 cm³/mol. The fraction of sp³-hybridized carbons (Fsp3) is 0.833. The van der Waals surface area contributed by atoms with Crippen molar-refractivity contribution in [1.82, 2.24) is 10.2 Å². The van der Waals surface area contributed by atoms with Gasteiger partial charge in [-0.15, -0.1) is 12.4 Å². The van der Waals surface area contributed by atoms with Crippen molar-refractivity contribution in [3.8, 4) is 0 Å². The maximum Gasteiger partial charge on any atom is 0.240 e. The van der Waals surface area contributed by atoms with Crippen LogP contribution in [0.15, 0.2) is 0 Å². The Morgan fingerprint density at radius 1 is 1.39 bits per heavy atom. The van der Waals surface area contributed by atoms with Crippen molar-refractivity contribution in [1.29, 1.82) is 0 Å². The fourth-order valence-electron chi connectivity index (χ4n) is 2.70. The van der Waals surface area contributed by atoms with Crippen LogP contribution in [0, 0.1) is 0 Å². The number of nitrogens with zero attached hydrogens (tertiary/aromatic N) is 1. The van der Waals surface area contributed by atoms with Crippen LogP contribution in [0.2, 0.25) is 0 Å². The van der Waals surface area contributed by atoms with Gasteiger partial charge < -0.3 is 16.0 Å². The molecule has 2 fully saturated rings. The van der Waals surface area contributed by atoms with E-state index in [0.29, 0.717) is 13.0 Å². The summed E-state index contributed by atoms with van der Waals surface area (Å²) < 4.78 is 0. The van der Waals surface area contributed by atoms with Gasteiger partial charge in [0.25, 0.3) is 0 Å². The van der Waals surface area contributed by atoms with E-state index in [-0.39, 0.29) is 30.3 Å². The largest absolute Gasteiger partial charge is 0.349 e. The number of carbonyl (C=O) groups excluding carboxylic acids is 2. The highest BCUT2D eigenvalue weighted by molar-refractivity contribution is 5.88. The Balaban J connectivity index is 0.00000162. The predicted octanol–water partition coefficient (Wildman–Crippen LogP) is 0.417. The molecule has 2 rings (SSSR count). The molecule has 2 amide bonds. The third-order valence-electron chi connectivity index (χ3n) is 3.87. The van der Waals surface area contributed by atoms with Crippen molar-refractivity contribution in [3.63, 3.8) is 0 Å². The summed E-state index contributed by atoms with van der Waals surface area (Å²) in [6, 6.07) is -0.0673. The van der Waals surface area contributed by atoms with Gasteiger partial charge in [-0.1, -0.05) is 19.3 Å². The quantitative estimate of drug-likeness (QED) is 0.767. The van der Waals surface area contributed by atoms with Gasteiger partial charge in [0, 0.05) is 20.0 Å². The third kappa shape index (κ3) is 3.14. The molecule has 1 atom stereocenters. The van der Waals surface area contributed by atoms with E-state index in [1.54, 1.807) is 11.9 Å². The molecular weight excluding hydrogens is 254 g/mol. The second kappa shape index (κ2) is 5.89. The van der Waals surface area contributed by atoms with Gasteiger partial charge in [-0.3, -0.25) is 9.59 Å². The summed E-state index contributed by atoms with van der Waals surface area (Å²) in [5.74, 6) is 0.00955. The van der Waals surface area contributed by atoms with Crippen LogP contribution in [-0.2, 0) is 9.59 Å². The minimum atomic E-state index is -0.706. The number of rotatable bonds is 2. The van der Waals surface area contributed by atoms with Gasteiger partial charge in [-0.2, -0.15) is 0 Å². The highest BCUT2D eigenvalue weighted by Crippen LogP contribution is 2.26. The highest BCUT2D eigenvalue weighted by atomic mass is 35.5. The zero-order valence-electron chi connectivity index (χ0n) is 10.8. The molecule has 1 saturated carbocycles. The smallest absolute Gasteiger partial charge is 0.240 e. The summed E-state index contributed by atoms with van der Waals surface area (Å²) in [5.41, 5.74) is 5.43. The topological polar surface area (TPSA) is 75.4 Å². The van der Waals surface area contributed by atoms with E-state index in [9.17, 15) is 9.59 Å². The second-order valence-corrected chi connectivity index (χ2v) is 5.37. The summed E-state index contributed by atoms with van der Waals surface area (Å²) in [4.78, 5) is 25.1. The van der Waals surface area contributed by atoms with Crippen molar-refractivity contribution in [2.75, 3.05) is 13.6 Å². The average Bonchev–Trinajstić information content (AvgIpc) is 2.59. The van der Waals surface area contributed by atoms with E-state index >= 15 is 0 Å². The Morgan fingerprint density at radius 2 is 2.00 bits per heavy atom. The molecule has 1 aliphatic heterocycles. The molecule has 0 bridgehead atoms. The number of likely N-dealkylation sites (tertiary alicyclic amines) is 1. The molecule has 3 N–H and O–H groups in total. The number of hydrogen-bond acceptors (Lipinski definition) is 3. The van der Waals surface area contributed by atoms with Crippen LogP contribution in [0.1, 0.15) is 38.5 Å². The number of carbonyl (C=O) groups is 2. The van der Waals surface area contributed by atoms with Crippen molar-refractivity contribution in [3.05, 3.63) is 0 Å². The Hall–Kier alpha value is -0.810. The molecule has 0 spiro atoms. The summed E-state index contributed by atoms with van der Waals surface area (Å²) in [5, 5.41) is 2.92. The number of nitrogens with two attached hydrogens (primary N) is 1. The molecule has 0 aromatic heterocycles. The van der Waals surface area contributed by atoms with Gasteiger partial charge in [0.1, 0.15) is 0 Å². The lowest BCUT2D eigenvalue weighted by molar-refractivity contribution is -0.128. The van der Waals surface area contributed by atoms with Gasteiger partial charge >= 0.3 is 0 Å². The van der Waals surface area contributed by atoms with Crippen LogP contribution in [0.3, 0.4) is 0 Å². The standard InChI is InChI=1S/C12H21N3O2.ClH/c1-15-8-9(7-10(15)16)14-11(17)12(13)5-3-2-4-6-12;/h9H,2-8,13H2,1H3,(H,14,17);1H. The van der Waals surface area contributed by atoms with Crippen LogP contribution in [0.4, 0.5) is 0 Å².